The number of benzene rings is 3. The smallest absolute Gasteiger partial charge is 0.203 e. The summed E-state index contributed by atoms with van der Waals surface area (Å²) >= 11 is 0. The van der Waals surface area contributed by atoms with Gasteiger partial charge < -0.3 is 14.2 Å². The van der Waals surface area contributed by atoms with E-state index in [2.05, 4.69) is 86.0 Å². The molecule has 3 atom stereocenters. The fourth-order valence-electron chi connectivity index (χ4n) is 4.38. The SMILES string of the molecule is Cc1ccc(C[C@@H]([C@H](C)O)n2c(=N)n(C(C)c3ccc(C)cc3)c3ccccc32)cc1. The van der Waals surface area contributed by atoms with E-state index < -0.39 is 6.10 Å². The van der Waals surface area contributed by atoms with E-state index in [0.29, 0.717) is 12.0 Å². The van der Waals surface area contributed by atoms with Gasteiger partial charge in [0.1, 0.15) is 0 Å². The van der Waals surface area contributed by atoms with Gasteiger partial charge in [-0.1, -0.05) is 71.8 Å². The van der Waals surface area contributed by atoms with Crippen LogP contribution in [0.1, 0.15) is 48.2 Å². The Morgan fingerprint density at radius 2 is 1.29 bits per heavy atom. The molecule has 160 valence electrons. The molecule has 0 spiro atoms. The van der Waals surface area contributed by atoms with Crippen molar-refractivity contribution in [3.63, 3.8) is 0 Å². The molecular weight excluding hydrogens is 382 g/mol. The summed E-state index contributed by atoms with van der Waals surface area (Å²) in [6, 6.07) is 24.9. The summed E-state index contributed by atoms with van der Waals surface area (Å²) in [6.07, 6.45) is 0.0749. The lowest BCUT2D eigenvalue weighted by Gasteiger charge is -2.23. The van der Waals surface area contributed by atoms with Crippen molar-refractivity contribution in [2.75, 3.05) is 0 Å². The van der Waals surface area contributed by atoms with Gasteiger partial charge in [-0.15, -0.1) is 0 Å². The van der Waals surface area contributed by atoms with Crippen molar-refractivity contribution >= 4 is 11.0 Å². The normalized spacial score (nSPS) is 14.5. The summed E-state index contributed by atoms with van der Waals surface area (Å²) in [7, 11) is 0. The summed E-state index contributed by atoms with van der Waals surface area (Å²) in [5.41, 5.74) is 7.16. The Balaban J connectivity index is 1.85. The number of aliphatic hydroxyl groups excluding tert-OH is 1. The Hall–Kier alpha value is -3.11. The first kappa shape index (κ1) is 21.1. The van der Waals surface area contributed by atoms with Crippen molar-refractivity contribution in [2.24, 2.45) is 0 Å². The van der Waals surface area contributed by atoms with Crippen LogP contribution in [0.4, 0.5) is 0 Å². The predicted molar refractivity (Wildman–Crippen MR) is 126 cm³/mol. The summed E-state index contributed by atoms with van der Waals surface area (Å²) < 4.78 is 4.08. The fourth-order valence-corrected chi connectivity index (χ4v) is 4.38. The molecule has 0 aliphatic heterocycles. The van der Waals surface area contributed by atoms with E-state index >= 15 is 0 Å². The minimum absolute atomic E-state index is 0.00766. The Labute approximate surface area is 183 Å². The minimum atomic E-state index is -0.593. The van der Waals surface area contributed by atoms with E-state index in [0.717, 1.165) is 16.6 Å². The molecule has 31 heavy (non-hydrogen) atoms. The second kappa shape index (κ2) is 8.56. The Morgan fingerprint density at radius 3 is 1.84 bits per heavy atom. The van der Waals surface area contributed by atoms with E-state index in [1.807, 2.05) is 23.6 Å². The van der Waals surface area contributed by atoms with Crippen LogP contribution in [-0.4, -0.2) is 20.3 Å². The van der Waals surface area contributed by atoms with Gasteiger partial charge in [-0.25, -0.2) is 0 Å². The molecule has 0 aliphatic rings. The number of imidazole rings is 1. The molecule has 0 aliphatic carbocycles. The van der Waals surface area contributed by atoms with Crippen molar-refractivity contribution in [3.05, 3.63) is 101 Å². The van der Waals surface area contributed by atoms with Crippen LogP contribution in [0.2, 0.25) is 0 Å². The zero-order valence-electron chi connectivity index (χ0n) is 18.7. The molecule has 0 bridgehead atoms. The minimum Gasteiger partial charge on any atom is -0.391 e. The van der Waals surface area contributed by atoms with Gasteiger partial charge in [-0.3, -0.25) is 5.41 Å². The number of aliphatic hydroxyl groups is 1. The fraction of sp³-hybridized carbons (Fsp3) is 0.296. The molecule has 4 aromatic rings. The van der Waals surface area contributed by atoms with Gasteiger partial charge in [0.25, 0.3) is 0 Å². The molecule has 4 rings (SSSR count). The number of nitrogens with one attached hydrogen (secondary N) is 1. The molecule has 0 saturated heterocycles. The highest BCUT2D eigenvalue weighted by Gasteiger charge is 2.25. The van der Waals surface area contributed by atoms with Crippen LogP contribution in [-0.2, 0) is 6.42 Å². The van der Waals surface area contributed by atoms with Crippen molar-refractivity contribution < 1.29 is 5.11 Å². The number of aryl methyl sites for hydroxylation is 2. The third-order valence-corrected chi connectivity index (χ3v) is 6.26. The quantitative estimate of drug-likeness (QED) is 0.442. The summed E-state index contributed by atoms with van der Waals surface area (Å²) in [5.74, 6) is 0. The molecule has 1 heterocycles. The van der Waals surface area contributed by atoms with Gasteiger partial charge in [0.15, 0.2) is 0 Å². The molecule has 0 radical (unpaired) electrons. The van der Waals surface area contributed by atoms with Crippen LogP contribution >= 0.6 is 0 Å². The monoisotopic (exact) mass is 413 g/mol. The number of nitrogens with zero attached hydrogens (tertiary/aromatic N) is 2. The summed E-state index contributed by atoms with van der Waals surface area (Å²) in [4.78, 5) is 0. The van der Waals surface area contributed by atoms with Crippen LogP contribution in [0.15, 0.2) is 72.8 Å². The van der Waals surface area contributed by atoms with Crippen molar-refractivity contribution in [1.29, 1.82) is 5.41 Å². The van der Waals surface area contributed by atoms with Gasteiger partial charge >= 0.3 is 0 Å². The molecule has 4 heteroatoms. The molecule has 2 N–H and O–H groups in total. The molecule has 3 aromatic carbocycles. The highest BCUT2D eigenvalue weighted by molar-refractivity contribution is 5.76. The number of aromatic nitrogens is 2. The van der Waals surface area contributed by atoms with Crippen LogP contribution in [0, 0.1) is 19.3 Å². The predicted octanol–water partition coefficient (Wildman–Crippen LogP) is 5.31. The van der Waals surface area contributed by atoms with E-state index in [1.165, 1.54) is 16.7 Å². The van der Waals surface area contributed by atoms with E-state index in [4.69, 9.17) is 5.41 Å². The first-order chi connectivity index (χ1) is 14.9. The highest BCUT2D eigenvalue weighted by atomic mass is 16.3. The first-order valence-electron chi connectivity index (χ1n) is 10.9. The van der Waals surface area contributed by atoms with Crippen LogP contribution in [0.5, 0.6) is 0 Å². The first-order valence-corrected chi connectivity index (χ1v) is 10.9. The van der Waals surface area contributed by atoms with Gasteiger partial charge in [-0.05, 0) is 57.4 Å². The van der Waals surface area contributed by atoms with Crippen LogP contribution in [0.3, 0.4) is 0 Å². The molecule has 0 saturated carbocycles. The number of para-hydroxylation sites is 2. The summed E-state index contributed by atoms with van der Waals surface area (Å²) in [6.45, 7) is 8.12. The lowest BCUT2D eigenvalue weighted by Crippen LogP contribution is -2.34. The Kier molecular flexibility index (Phi) is 5.84. The average molecular weight is 414 g/mol. The van der Waals surface area contributed by atoms with Crippen molar-refractivity contribution in [3.8, 4) is 0 Å². The van der Waals surface area contributed by atoms with Crippen molar-refractivity contribution in [2.45, 2.75) is 52.3 Å². The largest absolute Gasteiger partial charge is 0.391 e. The van der Waals surface area contributed by atoms with Crippen LogP contribution < -0.4 is 5.62 Å². The zero-order valence-corrected chi connectivity index (χ0v) is 18.7. The summed E-state index contributed by atoms with van der Waals surface area (Å²) in [5, 5.41) is 19.9. The molecule has 4 nitrogen and oxygen atoms in total. The topological polar surface area (TPSA) is 53.9 Å². The van der Waals surface area contributed by atoms with E-state index in [-0.39, 0.29) is 12.1 Å². The second-order valence-electron chi connectivity index (χ2n) is 8.64. The lowest BCUT2D eigenvalue weighted by atomic mass is 10.0. The maximum Gasteiger partial charge on any atom is 0.203 e. The third-order valence-electron chi connectivity index (χ3n) is 6.26. The Bertz CT molecular complexity index is 1230. The van der Waals surface area contributed by atoms with Gasteiger partial charge in [0, 0.05) is 0 Å². The number of fused-ring (bicyclic) bond motifs is 1. The molecule has 1 unspecified atom stereocenters. The highest BCUT2D eigenvalue weighted by Crippen LogP contribution is 2.27. The molecule has 1 aromatic heterocycles. The number of hydrogen-bond donors (Lipinski definition) is 2. The van der Waals surface area contributed by atoms with Crippen LogP contribution in [0.25, 0.3) is 11.0 Å². The molecule has 0 amide bonds. The lowest BCUT2D eigenvalue weighted by molar-refractivity contribution is 0.128. The molecule has 0 fully saturated rings. The maximum atomic E-state index is 10.7. The second-order valence-corrected chi connectivity index (χ2v) is 8.64. The van der Waals surface area contributed by atoms with Crippen molar-refractivity contribution in [1.82, 2.24) is 9.13 Å². The van der Waals surface area contributed by atoms with Gasteiger partial charge in [0.05, 0.1) is 29.2 Å². The maximum absolute atomic E-state index is 10.7. The van der Waals surface area contributed by atoms with E-state index in [1.54, 1.807) is 0 Å². The third kappa shape index (κ3) is 4.08. The number of rotatable bonds is 6. The van der Waals surface area contributed by atoms with Gasteiger partial charge in [0.2, 0.25) is 5.62 Å². The number of hydrogen-bond acceptors (Lipinski definition) is 2. The van der Waals surface area contributed by atoms with E-state index in [9.17, 15) is 5.11 Å². The molecular formula is C27H31N3O. The Morgan fingerprint density at radius 1 is 0.774 bits per heavy atom. The van der Waals surface area contributed by atoms with Gasteiger partial charge in [-0.2, -0.15) is 0 Å². The zero-order chi connectivity index (χ0) is 22.1. The standard InChI is InChI=1S/C27H31N3O/c1-18-9-13-22(14-10-18)17-26(21(4)31)30-25-8-6-5-7-24(25)29(27(30)28)20(3)23-15-11-19(2)12-16-23/h5-16,20-21,26,28,31H,17H2,1-4H3/t20?,21-,26-/m0/s1. The average Bonchev–Trinajstić information content (AvgIpc) is 3.05.